The second-order valence-electron chi connectivity index (χ2n) is 6.70. The topological polar surface area (TPSA) is 97.5 Å². The van der Waals surface area contributed by atoms with Crippen molar-refractivity contribution in [2.75, 3.05) is 0 Å². The molecule has 0 spiro atoms. The molecule has 3 atom stereocenters. The summed E-state index contributed by atoms with van der Waals surface area (Å²) in [5.74, 6) is -2.41. The van der Waals surface area contributed by atoms with Crippen LogP contribution in [0.25, 0.3) is 22.3 Å². The minimum atomic E-state index is -4.69. The molecule has 1 saturated carbocycles. The van der Waals surface area contributed by atoms with E-state index < -0.39 is 23.4 Å². The first kappa shape index (κ1) is 18.0. The summed E-state index contributed by atoms with van der Waals surface area (Å²) in [5.41, 5.74) is 6.32. The number of hydrogen-bond donors (Lipinski definition) is 2. The number of nitrogens with one attached hydrogen (secondary N) is 1. The number of carbonyl (C=O) groups excluding carboxylic acids is 1. The number of fused-ring (bicyclic) bond motifs is 1. The molecule has 3 aromatic rings. The number of alkyl halides is 3. The summed E-state index contributed by atoms with van der Waals surface area (Å²) in [6, 6.07) is 4.98. The quantitative estimate of drug-likeness (QED) is 0.600. The number of carbonyl (C=O) groups is 1. The third-order valence-electron chi connectivity index (χ3n) is 5.07. The Balaban J connectivity index is 1.78. The molecular formula is C17H15AsF3N5O. The van der Waals surface area contributed by atoms with Crippen LogP contribution in [0.3, 0.4) is 0 Å². The number of H-pyrrole nitrogens is 1. The van der Waals surface area contributed by atoms with E-state index >= 15 is 0 Å². The molecule has 140 valence electrons. The summed E-state index contributed by atoms with van der Waals surface area (Å²) in [5, 5.41) is 6.83. The van der Waals surface area contributed by atoms with Gasteiger partial charge in [-0.3, -0.25) is 0 Å². The van der Waals surface area contributed by atoms with Gasteiger partial charge in [-0.1, -0.05) is 0 Å². The Morgan fingerprint density at radius 3 is 2.67 bits per heavy atom. The van der Waals surface area contributed by atoms with Crippen molar-refractivity contribution in [3.05, 3.63) is 35.8 Å². The fourth-order valence-electron chi connectivity index (χ4n) is 3.43. The molecule has 1 fully saturated rings. The van der Waals surface area contributed by atoms with Gasteiger partial charge in [0.2, 0.25) is 0 Å². The van der Waals surface area contributed by atoms with Crippen molar-refractivity contribution in [2.45, 2.75) is 25.4 Å². The monoisotopic (exact) mass is 437 g/mol. The first-order chi connectivity index (χ1) is 12.6. The molecule has 3 unspecified atom stereocenters. The Morgan fingerprint density at radius 1 is 1.37 bits per heavy atom. The summed E-state index contributed by atoms with van der Waals surface area (Å²) in [6.07, 6.45) is -3.39. The number of pyridine rings is 2. The molecule has 0 bridgehead atoms. The van der Waals surface area contributed by atoms with Gasteiger partial charge in [-0.2, -0.15) is 0 Å². The van der Waals surface area contributed by atoms with Gasteiger partial charge in [-0.25, -0.2) is 0 Å². The van der Waals surface area contributed by atoms with E-state index in [1.54, 1.807) is 12.3 Å². The van der Waals surface area contributed by atoms with Gasteiger partial charge >= 0.3 is 160 Å². The Morgan fingerprint density at radius 2 is 2.11 bits per heavy atom. The molecule has 1 aliphatic carbocycles. The third kappa shape index (κ3) is 2.64. The van der Waals surface area contributed by atoms with Gasteiger partial charge in [0.15, 0.2) is 0 Å². The molecular weight excluding hydrogens is 422 g/mol. The van der Waals surface area contributed by atoms with Gasteiger partial charge in [-0.05, 0) is 0 Å². The van der Waals surface area contributed by atoms with Crippen LogP contribution in [0.4, 0.5) is 13.2 Å². The normalized spacial score (nSPS) is 22.2. The van der Waals surface area contributed by atoms with Crippen LogP contribution in [-0.4, -0.2) is 49.1 Å². The van der Waals surface area contributed by atoms with Crippen molar-refractivity contribution in [3.8, 4) is 11.3 Å². The number of aromatic nitrogens is 4. The van der Waals surface area contributed by atoms with Crippen LogP contribution < -0.4 is 10.1 Å². The summed E-state index contributed by atoms with van der Waals surface area (Å²) < 4.78 is 41.0. The Bertz CT molecular complexity index is 1080. The number of nitrogens with two attached hydrogens (primary N) is 1. The van der Waals surface area contributed by atoms with Crippen LogP contribution in [-0.2, 0) is 4.79 Å². The number of hydrogen-bond acceptors (Lipinski definition) is 4. The molecule has 1 aliphatic rings. The minimum absolute atomic E-state index is 0.214. The van der Waals surface area contributed by atoms with Crippen LogP contribution in [0.5, 0.6) is 0 Å². The van der Waals surface area contributed by atoms with Crippen molar-refractivity contribution < 1.29 is 18.0 Å². The van der Waals surface area contributed by atoms with Gasteiger partial charge in [0.25, 0.3) is 0 Å². The number of aryl methyl sites for hydroxylation is 1. The fraction of sp³-hybridized carbons (Fsp3) is 0.294. The molecule has 6 nitrogen and oxygen atoms in total. The zero-order valence-electron chi connectivity index (χ0n) is 14.1. The first-order valence-corrected chi connectivity index (χ1v) is 9.30. The predicted octanol–water partition coefficient (Wildman–Crippen LogP) is 1.11. The molecule has 10 heteroatoms. The van der Waals surface area contributed by atoms with Gasteiger partial charge in [-0.15, -0.1) is 0 Å². The molecule has 1 amide bonds. The first-order valence-electron chi connectivity index (χ1n) is 8.09. The van der Waals surface area contributed by atoms with Crippen LogP contribution >= 0.6 is 0 Å². The second-order valence-corrected chi connectivity index (χ2v) is 8.00. The Hall–Kier alpha value is -2.41. The summed E-state index contributed by atoms with van der Waals surface area (Å²) >= 11 is 1.29. The number of amides is 1. The molecule has 3 N–H and O–H groups in total. The third-order valence-corrected chi connectivity index (χ3v) is 5.99. The number of primary amides is 1. The fourth-order valence-corrected chi connectivity index (χ4v) is 4.21. The van der Waals surface area contributed by atoms with Crippen LogP contribution in [0.15, 0.2) is 24.4 Å². The predicted molar refractivity (Wildman–Crippen MR) is 95.1 cm³/mol. The number of aromatic amines is 1. The van der Waals surface area contributed by atoms with Crippen molar-refractivity contribution in [1.82, 2.24) is 20.2 Å². The molecule has 0 aromatic carbocycles. The molecule has 0 radical (unpaired) electrons. The number of nitrogens with zero attached hydrogens (tertiary/aromatic N) is 3. The Labute approximate surface area is 160 Å². The van der Waals surface area contributed by atoms with Gasteiger partial charge in [0, 0.05) is 0 Å². The standard InChI is InChI=1S/C17H15AsF3N5O/c1-7-8(6-23-26-7)13-4-10(18)14-12(24-13)3-2-11(25-14)9-5-16(9,15(22)27)17(19,20)21/h2-4,6,9H,5,18H2,1H3,(H2,22,27)(H,23,26). The molecule has 27 heavy (non-hydrogen) atoms. The van der Waals surface area contributed by atoms with E-state index in [1.165, 1.54) is 22.9 Å². The zero-order chi connectivity index (χ0) is 19.6. The maximum atomic E-state index is 13.4. The van der Waals surface area contributed by atoms with Crippen molar-refractivity contribution in [3.63, 3.8) is 0 Å². The van der Waals surface area contributed by atoms with Crippen molar-refractivity contribution in [1.29, 1.82) is 0 Å². The van der Waals surface area contributed by atoms with Gasteiger partial charge < -0.3 is 0 Å². The van der Waals surface area contributed by atoms with Gasteiger partial charge in [0.1, 0.15) is 0 Å². The van der Waals surface area contributed by atoms with Crippen molar-refractivity contribution >= 4 is 38.1 Å². The molecule has 3 heterocycles. The average Bonchev–Trinajstić information content (AvgIpc) is 3.24. The van der Waals surface area contributed by atoms with E-state index in [4.69, 9.17) is 5.73 Å². The van der Waals surface area contributed by atoms with E-state index in [0.29, 0.717) is 11.0 Å². The number of halogens is 3. The molecule has 3 aromatic heterocycles. The van der Waals surface area contributed by atoms with Crippen LogP contribution in [0.2, 0.25) is 0 Å². The van der Waals surface area contributed by atoms with Crippen LogP contribution in [0, 0.1) is 12.3 Å². The van der Waals surface area contributed by atoms with Gasteiger partial charge in [0.05, 0.1) is 0 Å². The van der Waals surface area contributed by atoms with E-state index in [-0.39, 0.29) is 12.1 Å². The van der Waals surface area contributed by atoms with Crippen molar-refractivity contribution in [2.24, 2.45) is 11.1 Å². The summed E-state index contributed by atoms with van der Waals surface area (Å²) in [4.78, 5) is 20.5. The summed E-state index contributed by atoms with van der Waals surface area (Å²) in [6.45, 7) is 1.88. The van der Waals surface area contributed by atoms with E-state index in [0.717, 1.165) is 21.3 Å². The van der Waals surface area contributed by atoms with E-state index in [9.17, 15) is 18.0 Å². The number of rotatable bonds is 3. The molecule has 0 saturated heterocycles. The van der Waals surface area contributed by atoms with Crippen LogP contribution in [0.1, 0.15) is 23.7 Å². The maximum absolute atomic E-state index is 13.4. The second kappa shape index (κ2) is 5.79. The van der Waals surface area contributed by atoms with E-state index in [1.807, 2.05) is 13.0 Å². The SMILES string of the molecule is Cc1[nH]ncc1-c1cc([AsH2])c2nc(C3CC3(C(N)=O)C(F)(F)F)ccc2n1. The molecule has 4 rings (SSSR count). The summed E-state index contributed by atoms with van der Waals surface area (Å²) in [7, 11) is 0. The zero-order valence-corrected chi connectivity index (χ0v) is 16.6. The van der Waals surface area contributed by atoms with E-state index in [2.05, 4.69) is 20.2 Å². The average molecular weight is 437 g/mol. The Kier molecular flexibility index (Phi) is 3.86. The molecule has 0 aliphatic heterocycles.